The van der Waals surface area contributed by atoms with Crippen molar-refractivity contribution in [1.29, 1.82) is 0 Å². The fourth-order valence-corrected chi connectivity index (χ4v) is 4.95. The van der Waals surface area contributed by atoms with E-state index >= 15 is 0 Å². The first-order valence-corrected chi connectivity index (χ1v) is 13.8. The molecule has 0 aliphatic carbocycles. The lowest BCUT2D eigenvalue weighted by Crippen LogP contribution is -2.67. The summed E-state index contributed by atoms with van der Waals surface area (Å²) in [7, 11) is 0. The molecule has 0 spiro atoms. The highest BCUT2D eigenvalue weighted by Gasteiger charge is 2.54. The maximum absolute atomic E-state index is 10.8. The third-order valence-electron chi connectivity index (χ3n) is 7.16. The SMILES string of the molecule is OCC1O[C@@H](OC2C(O)[C@H](O)C(CO)O[C@@H]2OC2C(O)[C@H](O)C(CO)O[C@@H]2OCCCCCS)C(O)C(O)[C@@H]1O. The van der Waals surface area contributed by atoms with Gasteiger partial charge in [0.1, 0.15) is 73.2 Å². The topological polar surface area (TPSA) is 258 Å². The van der Waals surface area contributed by atoms with Crippen LogP contribution in [0.4, 0.5) is 0 Å². The van der Waals surface area contributed by atoms with Gasteiger partial charge in [-0.1, -0.05) is 6.42 Å². The zero-order valence-electron chi connectivity index (χ0n) is 21.7. The van der Waals surface area contributed by atoms with Gasteiger partial charge in [-0.2, -0.15) is 12.6 Å². The quantitative estimate of drug-likeness (QED) is 0.0690. The summed E-state index contributed by atoms with van der Waals surface area (Å²) in [4.78, 5) is 0. The molecule has 17 heteroatoms. The Bertz CT molecular complexity index is 737. The molecule has 0 amide bonds. The van der Waals surface area contributed by atoms with Crippen LogP contribution in [0.5, 0.6) is 0 Å². The largest absolute Gasteiger partial charge is 0.394 e. The van der Waals surface area contributed by atoms with E-state index in [1.54, 1.807) is 0 Å². The Morgan fingerprint density at radius 1 is 0.500 bits per heavy atom. The normalized spacial score (nSPS) is 46.4. The maximum Gasteiger partial charge on any atom is 0.187 e. The number of aliphatic hydroxyl groups excluding tert-OH is 10. The predicted molar refractivity (Wildman–Crippen MR) is 133 cm³/mol. The van der Waals surface area contributed by atoms with Crippen LogP contribution in [0.3, 0.4) is 0 Å². The zero-order chi connectivity index (χ0) is 29.6. The molecule has 0 radical (unpaired) electrons. The van der Waals surface area contributed by atoms with Crippen LogP contribution in [0, 0.1) is 0 Å². The van der Waals surface area contributed by atoms with Crippen molar-refractivity contribution >= 4 is 12.6 Å². The Kier molecular flexibility index (Phi) is 13.7. The Hall–Kier alpha value is -0.290. The maximum atomic E-state index is 10.8. The van der Waals surface area contributed by atoms with E-state index in [1.165, 1.54) is 0 Å². The Morgan fingerprint density at radius 3 is 1.48 bits per heavy atom. The summed E-state index contributed by atoms with van der Waals surface area (Å²) < 4.78 is 33.7. The van der Waals surface area contributed by atoms with E-state index in [-0.39, 0.29) is 6.61 Å². The Balaban J connectivity index is 1.82. The molecule has 3 heterocycles. The zero-order valence-corrected chi connectivity index (χ0v) is 22.6. The van der Waals surface area contributed by atoms with Crippen molar-refractivity contribution in [2.45, 2.75) is 111 Å². The van der Waals surface area contributed by atoms with E-state index < -0.39 is 112 Å². The van der Waals surface area contributed by atoms with Crippen molar-refractivity contribution in [2.75, 3.05) is 32.2 Å². The fourth-order valence-electron chi connectivity index (χ4n) is 4.73. The molecular formula is C23H42O16S. The summed E-state index contributed by atoms with van der Waals surface area (Å²) >= 11 is 4.15. The molecule has 40 heavy (non-hydrogen) atoms. The molecule has 3 aliphatic heterocycles. The fraction of sp³-hybridized carbons (Fsp3) is 1.00. The molecule has 0 bridgehead atoms. The van der Waals surface area contributed by atoms with Crippen LogP contribution in [-0.4, -0.2) is 175 Å². The van der Waals surface area contributed by atoms with Crippen LogP contribution >= 0.6 is 12.6 Å². The third-order valence-corrected chi connectivity index (χ3v) is 7.48. The molecule has 3 rings (SSSR count). The molecule has 0 aromatic rings. The standard InChI is InChI=1S/C23H42O16S/c24-6-9-12(27)15(30)18(33)21(35-9)38-20-17(32)14(29)11(8-26)37-23(20)39-19-16(31)13(28)10(7-25)36-22(19)34-4-2-1-3-5-40/h9-33,40H,1-8H2/t9?,10?,11?,12-,13-,14-,15?,16?,17?,18?,19?,20?,21+,22+,23-/m1/s1. The lowest BCUT2D eigenvalue weighted by atomic mass is 9.96. The van der Waals surface area contributed by atoms with E-state index in [0.29, 0.717) is 12.2 Å². The number of rotatable bonds is 13. The molecule has 0 aromatic carbocycles. The number of hydrogen-bond acceptors (Lipinski definition) is 17. The van der Waals surface area contributed by atoms with Gasteiger partial charge in [0.25, 0.3) is 0 Å². The second kappa shape index (κ2) is 16.0. The number of aliphatic hydroxyl groups is 10. The van der Waals surface area contributed by atoms with Gasteiger partial charge in [-0.25, -0.2) is 0 Å². The van der Waals surface area contributed by atoms with Gasteiger partial charge in [0, 0.05) is 6.61 Å². The van der Waals surface area contributed by atoms with Gasteiger partial charge in [0.15, 0.2) is 18.9 Å². The second-order valence-electron chi connectivity index (χ2n) is 9.97. The number of thiol groups is 1. The monoisotopic (exact) mass is 606 g/mol. The minimum atomic E-state index is -1.87. The lowest BCUT2D eigenvalue weighted by Gasteiger charge is -2.48. The van der Waals surface area contributed by atoms with E-state index in [0.717, 1.165) is 12.8 Å². The van der Waals surface area contributed by atoms with Crippen LogP contribution in [0.2, 0.25) is 0 Å². The van der Waals surface area contributed by atoms with Crippen LogP contribution < -0.4 is 0 Å². The number of unbranched alkanes of at least 4 members (excludes halogenated alkanes) is 2. The van der Waals surface area contributed by atoms with E-state index in [9.17, 15) is 51.1 Å². The first kappa shape index (κ1) is 34.2. The van der Waals surface area contributed by atoms with E-state index in [2.05, 4.69) is 12.6 Å². The van der Waals surface area contributed by atoms with Crippen molar-refractivity contribution < 1.29 is 79.5 Å². The minimum absolute atomic E-state index is 0.149. The molecule has 0 aromatic heterocycles. The van der Waals surface area contributed by atoms with Crippen LogP contribution in [-0.2, 0) is 28.4 Å². The number of hydrogen-bond donors (Lipinski definition) is 11. The minimum Gasteiger partial charge on any atom is -0.394 e. The van der Waals surface area contributed by atoms with Crippen LogP contribution in [0.25, 0.3) is 0 Å². The molecule has 236 valence electrons. The predicted octanol–water partition coefficient (Wildman–Crippen LogP) is -5.45. The first-order chi connectivity index (χ1) is 19.1. The van der Waals surface area contributed by atoms with Gasteiger partial charge >= 0.3 is 0 Å². The van der Waals surface area contributed by atoms with Crippen molar-refractivity contribution in [1.82, 2.24) is 0 Å². The van der Waals surface area contributed by atoms with Crippen LogP contribution in [0.1, 0.15) is 19.3 Å². The van der Waals surface area contributed by atoms with Gasteiger partial charge in [-0.15, -0.1) is 0 Å². The molecule has 0 saturated carbocycles. The molecule has 3 aliphatic rings. The summed E-state index contributed by atoms with van der Waals surface area (Å²) in [5, 5.41) is 102. The van der Waals surface area contributed by atoms with Gasteiger partial charge < -0.3 is 79.5 Å². The van der Waals surface area contributed by atoms with Crippen molar-refractivity contribution in [3.05, 3.63) is 0 Å². The molecule has 15 atom stereocenters. The highest BCUT2D eigenvalue weighted by Crippen LogP contribution is 2.33. The molecule has 9 unspecified atom stereocenters. The molecule has 16 nitrogen and oxygen atoms in total. The molecular weight excluding hydrogens is 564 g/mol. The molecule has 3 fully saturated rings. The van der Waals surface area contributed by atoms with Crippen molar-refractivity contribution in [3.8, 4) is 0 Å². The summed E-state index contributed by atoms with van der Waals surface area (Å²) in [5.41, 5.74) is 0. The van der Waals surface area contributed by atoms with E-state index in [1.807, 2.05) is 0 Å². The smallest absolute Gasteiger partial charge is 0.187 e. The van der Waals surface area contributed by atoms with E-state index in [4.69, 9.17) is 28.4 Å². The van der Waals surface area contributed by atoms with Gasteiger partial charge in [-0.3, -0.25) is 0 Å². The van der Waals surface area contributed by atoms with Gasteiger partial charge in [0.05, 0.1) is 19.8 Å². The lowest BCUT2D eigenvalue weighted by molar-refractivity contribution is -0.393. The number of ether oxygens (including phenoxy) is 6. The Labute approximate surface area is 236 Å². The average molecular weight is 607 g/mol. The summed E-state index contributed by atoms with van der Waals surface area (Å²) in [6.45, 7) is -2.03. The summed E-state index contributed by atoms with van der Waals surface area (Å²) in [6, 6.07) is 0. The second-order valence-corrected chi connectivity index (χ2v) is 10.4. The highest BCUT2D eigenvalue weighted by atomic mass is 32.1. The molecule has 10 N–H and O–H groups in total. The van der Waals surface area contributed by atoms with Gasteiger partial charge in [0.2, 0.25) is 0 Å². The molecule has 3 saturated heterocycles. The first-order valence-electron chi connectivity index (χ1n) is 13.2. The van der Waals surface area contributed by atoms with Crippen molar-refractivity contribution in [3.63, 3.8) is 0 Å². The average Bonchev–Trinajstić information content (AvgIpc) is 2.95. The van der Waals surface area contributed by atoms with Crippen LogP contribution in [0.15, 0.2) is 0 Å². The Morgan fingerprint density at radius 2 is 0.950 bits per heavy atom. The highest BCUT2D eigenvalue weighted by molar-refractivity contribution is 7.80. The van der Waals surface area contributed by atoms with Crippen molar-refractivity contribution in [2.24, 2.45) is 0 Å². The summed E-state index contributed by atoms with van der Waals surface area (Å²) in [5.74, 6) is 0.679. The van der Waals surface area contributed by atoms with Gasteiger partial charge in [-0.05, 0) is 18.6 Å². The third kappa shape index (κ3) is 7.80. The summed E-state index contributed by atoms with van der Waals surface area (Å²) in [6.07, 6.45) is -22.1.